The highest BCUT2D eigenvalue weighted by Crippen LogP contribution is 2.31. The number of benzene rings is 2. The molecule has 0 atom stereocenters. The van der Waals surface area contributed by atoms with Crippen molar-refractivity contribution >= 4 is 22.6 Å². The molecule has 0 aliphatic carbocycles. The lowest BCUT2D eigenvalue weighted by molar-refractivity contribution is 0.589. The van der Waals surface area contributed by atoms with E-state index in [1.54, 1.807) is 0 Å². The predicted octanol–water partition coefficient (Wildman–Crippen LogP) is 6.32. The monoisotopic (exact) mass is 413 g/mol. The van der Waals surface area contributed by atoms with E-state index in [4.69, 9.17) is 0 Å². The lowest BCUT2D eigenvalue weighted by atomic mass is 9.87. The standard InChI is InChI=1S/C21H20IN/c1-21(2,3)17-11-12-23-20(14-17)18-13-16(9-10-19(18)22)15-7-5-4-6-8-15/h4-14H,1-3H3. The second-order valence-electron chi connectivity index (χ2n) is 6.74. The van der Waals surface area contributed by atoms with Crippen LogP contribution < -0.4 is 0 Å². The Morgan fingerprint density at radius 2 is 1.57 bits per heavy atom. The molecule has 0 saturated carbocycles. The third-order valence-corrected chi connectivity index (χ3v) is 4.92. The highest BCUT2D eigenvalue weighted by molar-refractivity contribution is 14.1. The molecule has 0 N–H and O–H groups in total. The average Bonchev–Trinajstić information content (AvgIpc) is 2.55. The summed E-state index contributed by atoms with van der Waals surface area (Å²) in [6.45, 7) is 6.70. The Morgan fingerprint density at radius 3 is 2.26 bits per heavy atom. The normalized spacial score (nSPS) is 11.5. The van der Waals surface area contributed by atoms with E-state index in [0.717, 1.165) is 5.69 Å². The molecule has 0 amide bonds. The zero-order valence-electron chi connectivity index (χ0n) is 13.7. The van der Waals surface area contributed by atoms with Gasteiger partial charge in [-0.1, -0.05) is 57.2 Å². The fourth-order valence-electron chi connectivity index (χ4n) is 2.58. The van der Waals surface area contributed by atoms with Crippen LogP contribution in [0.4, 0.5) is 0 Å². The first-order valence-corrected chi connectivity index (χ1v) is 8.85. The van der Waals surface area contributed by atoms with Gasteiger partial charge >= 0.3 is 0 Å². The molecule has 116 valence electrons. The van der Waals surface area contributed by atoms with Gasteiger partial charge in [-0.15, -0.1) is 0 Å². The van der Waals surface area contributed by atoms with Crippen molar-refractivity contribution in [2.45, 2.75) is 26.2 Å². The summed E-state index contributed by atoms with van der Waals surface area (Å²) < 4.78 is 1.22. The fraction of sp³-hybridized carbons (Fsp3) is 0.190. The summed E-state index contributed by atoms with van der Waals surface area (Å²) in [5, 5.41) is 0. The molecule has 1 aromatic heterocycles. The molecular weight excluding hydrogens is 393 g/mol. The number of nitrogens with zero attached hydrogens (tertiary/aromatic N) is 1. The number of aromatic nitrogens is 1. The van der Waals surface area contributed by atoms with Crippen LogP contribution >= 0.6 is 22.6 Å². The zero-order valence-corrected chi connectivity index (χ0v) is 15.8. The molecule has 3 rings (SSSR count). The summed E-state index contributed by atoms with van der Waals surface area (Å²) in [4.78, 5) is 4.61. The van der Waals surface area contributed by atoms with Crippen LogP contribution in [0, 0.1) is 3.57 Å². The van der Waals surface area contributed by atoms with Crippen LogP contribution in [-0.2, 0) is 5.41 Å². The minimum Gasteiger partial charge on any atom is -0.256 e. The topological polar surface area (TPSA) is 12.9 Å². The van der Waals surface area contributed by atoms with Crippen LogP contribution in [0.15, 0.2) is 66.9 Å². The molecule has 0 saturated heterocycles. The minimum absolute atomic E-state index is 0.125. The van der Waals surface area contributed by atoms with E-state index in [0.29, 0.717) is 0 Å². The summed E-state index contributed by atoms with van der Waals surface area (Å²) >= 11 is 2.39. The Balaban J connectivity index is 2.10. The van der Waals surface area contributed by atoms with Crippen LogP contribution in [-0.4, -0.2) is 4.98 Å². The number of pyridine rings is 1. The van der Waals surface area contributed by atoms with E-state index in [2.05, 4.69) is 103 Å². The van der Waals surface area contributed by atoms with Gasteiger partial charge in [-0.25, -0.2) is 0 Å². The number of hydrogen-bond acceptors (Lipinski definition) is 1. The van der Waals surface area contributed by atoms with Crippen LogP contribution in [0.3, 0.4) is 0 Å². The van der Waals surface area contributed by atoms with Gasteiger partial charge in [0.1, 0.15) is 0 Å². The molecule has 0 aliphatic rings. The lowest BCUT2D eigenvalue weighted by Crippen LogP contribution is -2.11. The smallest absolute Gasteiger partial charge is 0.0715 e. The summed E-state index contributed by atoms with van der Waals surface area (Å²) in [5.74, 6) is 0. The van der Waals surface area contributed by atoms with Crippen molar-refractivity contribution in [2.75, 3.05) is 0 Å². The lowest BCUT2D eigenvalue weighted by Gasteiger charge is -2.19. The highest BCUT2D eigenvalue weighted by Gasteiger charge is 2.15. The van der Waals surface area contributed by atoms with Gasteiger partial charge in [-0.2, -0.15) is 0 Å². The number of rotatable bonds is 2. The van der Waals surface area contributed by atoms with Crippen LogP contribution in [0.25, 0.3) is 22.4 Å². The summed E-state index contributed by atoms with van der Waals surface area (Å²) in [6, 6.07) is 21.4. The van der Waals surface area contributed by atoms with Crippen molar-refractivity contribution in [1.82, 2.24) is 4.98 Å². The van der Waals surface area contributed by atoms with Crippen molar-refractivity contribution in [1.29, 1.82) is 0 Å². The Kier molecular flexibility index (Phi) is 4.53. The Hall–Kier alpha value is -1.68. The molecule has 1 heterocycles. The fourth-order valence-corrected chi connectivity index (χ4v) is 3.19. The second kappa shape index (κ2) is 6.44. The SMILES string of the molecule is CC(C)(C)c1ccnc(-c2cc(-c3ccccc3)ccc2I)c1. The van der Waals surface area contributed by atoms with E-state index in [1.807, 2.05) is 12.3 Å². The Bertz CT molecular complexity index is 817. The van der Waals surface area contributed by atoms with Gasteiger partial charge in [-0.05, 0) is 69.0 Å². The largest absolute Gasteiger partial charge is 0.256 e. The molecule has 3 aromatic rings. The molecule has 0 spiro atoms. The second-order valence-corrected chi connectivity index (χ2v) is 7.90. The van der Waals surface area contributed by atoms with Crippen LogP contribution in [0.5, 0.6) is 0 Å². The van der Waals surface area contributed by atoms with Crippen molar-refractivity contribution in [3.05, 3.63) is 76.0 Å². The van der Waals surface area contributed by atoms with Crippen molar-refractivity contribution in [3.63, 3.8) is 0 Å². The molecular formula is C21H20IN. The Morgan fingerprint density at radius 1 is 0.826 bits per heavy atom. The first-order chi connectivity index (χ1) is 10.9. The molecule has 2 aromatic carbocycles. The van der Waals surface area contributed by atoms with E-state index < -0.39 is 0 Å². The van der Waals surface area contributed by atoms with Crippen LogP contribution in [0.1, 0.15) is 26.3 Å². The van der Waals surface area contributed by atoms with Crippen LogP contribution in [0.2, 0.25) is 0 Å². The molecule has 0 bridgehead atoms. The predicted molar refractivity (Wildman–Crippen MR) is 107 cm³/mol. The van der Waals surface area contributed by atoms with Gasteiger partial charge in [0, 0.05) is 15.3 Å². The van der Waals surface area contributed by atoms with Crippen molar-refractivity contribution in [3.8, 4) is 22.4 Å². The molecule has 1 nitrogen and oxygen atoms in total. The maximum atomic E-state index is 4.61. The molecule has 2 heteroatoms. The van der Waals surface area contributed by atoms with Gasteiger partial charge in [0.15, 0.2) is 0 Å². The molecule has 0 fully saturated rings. The summed E-state index contributed by atoms with van der Waals surface area (Å²) in [7, 11) is 0. The number of halogens is 1. The first-order valence-electron chi connectivity index (χ1n) is 7.77. The van der Waals surface area contributed by atoms with Gasteiger partial charge in [0.2, 0.25) is 0 Å². The third kappa shape index (κ3) is 3.63. The number of hydrogen-bond donors (Lipinski definition) is 0. The van der Waals surface area contributed by atoms with Gasteiger partial charge < -0.3 is 0 Å². The highest BCUT2D eigenvalue weighted by atomic mass is 127. The average molecular weight is 413 g/mol. The summed E-state index contributed by atoms with van der Waals surface area (Å²) in [6.07, 6.45) is 1.92. The minimum atomic E-state index is 0.125. The zero-order chi connectivity index (χ0) is 16.4. The van der Waals surface area contributed by atoms with E-state index in [9.17, 15) is 0 Å². The third-order valence-electron chi connectivity index (χ3n) is 3.98. The van der Waals surface area contributed by atoms with E-state index in [1.165, 1.54) is 25.8 Å². The van der Waals surface area contributed by atoms with Gasteiger partial charge in [-0.3, -0.25) is 4.98 Å². The van der Waals surface area contributed by atoms with E-state index in [-0.39, 0.29) is 5.41 Å². The van der Waals surface area contributed by atoms with E-state index >= 15 is 0 Å². The molecule has 0 radical (unpaired) electrons. The van der Waals surface area contributed by atoms with Crippen molar-refractivity contribution < 1.29 is 0 Å². The Labute approximate surface area is 151 Å². The molecule has 0 aliphatic heterocycles. The molecule has 23 heavy (non-hydrogen) atoms. The maximum absolute atomic E-state index is 4.61. The maximum Gasteiger partial charge on any atom is 0.0715 e. The summed E-state index contributed by atoms with van der Waals surface area (Å²) in [5.41, 5.74) is 6.13. The van der Waals surface area contributed by atoms with Gasteiger partial charge in [0.25, 0.3) is 0 Å². The molecule has 0 unspecified atom stereocenters. The quantitative estimate of drug-likeness (QED) is 0.448. The van der Waals surface area contributed by atoms with Gasteiger partial charge in [0.05, 0.1) is 5.69 Å². The van der Waals surface area contributed by atoms with Crippen molar-refractivity contribution in [2.24, 2.45) is 0 Å². The first kappa shape index (κ1) is 16.2.